The van der Waals surface area contributed by atoms with Crippen molar-refractivity contribution in [2.45, 2.75) is 33.1 Å². The molecule has 3 atom stereocenters. The maximum absolute atomic E-state index is 8.97. The molecule has 2 saturated carbocycles. The molecule has 0 amide bonds. The molecule has 2 rings (SSSR count). The summed E-state index contributed by atoms with van der Waals surface area (Å²) in [6, 6.07) is 2.49. The van der Waals surface area contributed by atoms with Crippen molar-refractivity contribution in [1.29, 1.82) is 5.26 Å². The van der Waals surface area contributed by atoms with E-state index >= 15 is 0 Å². The monoisotopic (exact) mass is 149 g/mol. The minimum absolute atomic E-state index is 0.317. The summed E-state index contributed by atoms with van der Waals surface area (Å²) in [6.07, 6.45) is 4.01. The van der Waals surface area contributed by atoms with Crippen molar-refractivity contribution in [2.24, 2.45) is 23.2 Å². The second-order valence-electron chi connectivity index (χ2n) is 4.70. The van der Waals surface area contributed by atoms with E-state index < -0.39 is 0 Å². The highest BCUT2D eigenvalue weighted by Gasteiger charge is 2.52. The minimum atomic E-state index is 0.317. The molecule has 2 aliphatic carbocycles. The van der Waals surface area contributed by atoms with Crippen LogP contribution in [-0.2, 0) is 0 Å². The van der Waals surface area contributed by atoms with E-state index in [-0.39, 0.29) is 0 Å². The van der Waals surface area contributed by atoms with Crippen molar-refractivity contribution >= 4 is 0 Å². The SMILES string of the molecule is CC1(C)[C@H]2CC[C@H](C2)[C@@H]1C#N. The molecule has 0 saturated heterocycles. The van der Waals surface area contributed by atoms with Gasteiger partial charge < -0.3 is 0 Å². The summed E-state index contributed by atoms with van der Waals surface area (Å²) in [4.78, 5) is 0. The van der Waals surface area contributed by atoms with Gasteiger partial charge in [-0.1, -0.05) is 13.8 Å². The van der Waals surface area contributed by atoms with Gasteiger partial charge in [0, 0.05) is 0 Å². The Morgan fingerprint density at radius 1 is 1.36 bits per heavy atom. The number of rotatable bonds is 0. The molecule has 0 radical (unpaired) electrons. The summed E-state index contributed by atoms with van der Waals surface area (Å²) < 4.78 is 0. The first-order valence-electron chi connectivity index (χ1n) is 4.56. The molecule has 2 bridgehead atoms. The molecule has 0 aromatic carbocycles. The molecular formula is C10H15N. The smallest absolute Gasteiger partial charge is 0.0664 e. The first-order chi connectivity index (χ1) is 5.16. The Labute approximate surface area is 68.4 Å². The van der Waals surface area contributed by atoms with Crippen molar-refractivity contribution in [2.75, 3.05) is 0 Å². The van der Waals surface area contributed by atoms with Crippen LogP contribution in [0, 0.1) is 34.5 Å². The second-order valence-corrected chi connectivity index (χ2v) is 4.70. The molecule has 2 fully saturated rings. The Hall–Kier alpha value is -0.510. The van der Waals surface area contributed by atoms with E-state index in [0.717, 1.165) is 11.8 Å². The van der Waals surface area contributed by atoms with Gasteiger partial charge in [0.25, 0.3) is 0 Å². The first-order valence-corrected chi connectivity index (χ1v) is 4.56. The van der Waals surface area contributed by atoms with Gasteiger partial charge in [0.15, 0.2) is 0 Å². The summed E-state index contributed by atoms with van der Waals surface area (Å²) in [5.74, 6) is 1.93. The lowest BCUT2D eigenvalue weighted by Gasteiger charge is -2.33. The zero-order chi connectivity index (χ0) is 8.06. The number of nitriles is 1. The highest BCUT2D eigenvalue weighted by atomic mass is 14.6. The molecule has 1 nitrogen and oxygen atoms in total. The zero-order valence-corrected chi connectivity index (χ0v) is 7.30. The third-order valence-electron chi connectivity index (χ3n) is 3.94. The van der Waals surface area contributed by atoms with E-state index in [1.54, 1.807) is 0 Å². The molecular weight excluding hydrogens is 134 g/mol. The average molecular weight is 149 g/mol. The van der Waals surface area contributed by atoms with Gasteiger partial charge in [-0.05, 0) is 36.5 Å². The normalized spacial score (nSPS) is 45.7. The molecule has 0 aromatic rings. The zero-order valence-electron chi connectivity index (χ0n) is 7.30. The predicted molar refractivity (Wildman–Crippen MR) is 43.7 cm³/mol. The standard InChI is InChI=1S/C10H15N/c1-10(2)8-4-3-7(5-8)9(10)6-11/h7-9H,3-5H2,1-2H3/t7-,8+,9+/m1/s1. The first kappa shape index (κ1) is 7.16. The lowest BCUT2D eigenvalue weighted by Crippen LogP contribution is -2.29. The molecule has 2 aliphatic rings. The van der Waals surface area contributed by atoms with Gasteiger partial charge in [0.2, 0.25) is 0 Å². The number of nitrogens with zero attached hydrogens (tertiary/aromatic N) is 1. The van der Waals surface area contributed by atoms with Gasteiger partial charge in [-0.25, -0.2) is 0 Å². The van der Waals surface area contributed by atoms with Crippen molar-refractivity contribution in [3.63, 3.8) is 0 Å². The molecule has 0 heterocycles. The molecule has 0 aliphatic heterocycles. The Balaban J connectivity index is 2.30. The molecule has 60 valence electrons. The van der Waals surface area contributed by atoms with Crippen LogP contribution in [0.25, 0.3) is 0 Å². The third-order valence-corrected chi connectivity index (χ3v) is 3.94. The fourth-order valence-corrected chi connectivity index (χ4v) is 3.13. The van der Waals surface area contributed by atoms with E-state index in [2.05, 4.69) is 19.9 Å². The van der Waals surface area contributed by atoms with Crippen molar-refractivity contribution < 1.29 is 0 Å². The van der Waals surface area contributed by atoms with Gasteiger partial charge in [0.05, 0.1) is 12.0 Å². The largest absolute Gasteiger partial charge is 0.198 e. The van der Waals surface area contributed by atoms with E-state index in [0.29, 0.717) is 11.3 Å². The van der Waals surface area contributed by atoms with Crippen LogP contribution in [-0.4, -0.2) is 0 Å². The van der Waals surface area contributed by atoms with Crippen LogP contribution in [0.3, 0.4) is 0 Å². The van der Waals surface area contributed by atoms with Gasteiger partial charge in [0.1, 0.15) is 0 Å². The van der Waals surface area contributed by atoms with Crippen LogP contribution < -0.4 is 0 Å². The Morgan fingerprint density at radius 3 is 2.45 bits per heavy atom. The summed E-state index contributed by atoms with van der Waals surface area (Å²) in [5.41, 5.74) is 0.317. The molecule has 11 heavy (non-hydrogen) atoms. The number of hydrogen-bond donors (Lipinski definition) is 0. The lowest BCUT2D eigenvalue weighted by atomic mass is 9.69. The summed E-state index contributed by atoms with van der Waals surface area (Å²) >= 11 is 0. The van der Waals surface area contributed by atoms with E-state index in [9.17, 15) is 0 Å². The molecule has 0 spiro atoms. The molecule has 0 unspecified atom stereocenters. The van der Waals surface area contributed by atoms with Crippen LogP contribution in [0.4, 0.5) is 0 Å². The van der Waals surface area contributed by atoms with E-state index in [1.165, 1.54) is 19.3 Å². The fourth-order valence-electron chi connectivity index (χ4n) is 3.13. The lowest BCUT2D eigenvalue weighted by molar-refractivity contribution is 0.164. The maximum atomic E-state index is 8.97. The van der Waals surface area contributed by atoms with Crippen LogP contribution in [0.1, 0.15) is 33.1 Å². The summed E-state index contributed by atoms with van der Waals surface area (Å²) in [7, 11) is 0. The minimum Gasteiger partial charge on any atom is -0.198 e. The second kappa shape index (κ2) is 2.00. The number of fused-ring (bicyclic) bond motifs is 2. The predicted octanol–water partition coefficient (Wildman–Crippen LogP) is 2.58. The quantitative estimate of drug-likeness (QED) is 0.519. The summed E-state index contributed by atoms with van der Waals surface area (Å²) in [5, 5.41) is 8.97. The highest BCUT2D eigenvalue weighted by Crippen LogP contribution is 2.58. The van der Waals surface area contributed by atoms with Crippen LogP contribution in [0.15, 0.2) is 0 Å². The third kappa shape index (κ3) is 0.759. The Kier molecular flexibility index (Phi) is 1.30. The van der Waals surface area contributed by atoms with Crippen LogP contribution in [0.2, 0.25) is 0 Å². The van der Waals surface area contributed by atoms with Gasteiger partial charge in [-0.15, -0.1) is 0 Å². The molecule has 0 aromatic heterocycles. The topological polar surface area (TPSA) is 23.8 Å². The van der Waals surface area contributed by atoms with Gasteiger partial charge in [-0.2, -0.15) is 5.26 Å². The fraction of sp³-hybridized carbons (Fsp3) is 0.900. The van der Waals surface area contributed by atoms with E-state index in [1.807, 2.05) is 0 Å². The van der Waals surface area contributed by atoms with Crippen molar-refractivity contribution in [1.82, 2.24) is 0 Å². The van der Waals surface area contributed by atoms with Gasteiger partial charge in [-0.3, -0.25) is 0 Å². The Bertz CT molecular complexity index is 211. The van der Waals surface area contributed by atoms with Crippen LogP contribution in [0.5, 0.6) is 0 Å². The summed E-state index contributed by atoms with van der Waals surface area (Å²) in [6.45, 7) is 4.54. The maximum Gasteiger partial charge on any atom is 0.0664 e. The van der Waals surface area contributed by atoms with Crippen molar-refractivity contribution in [3.8, 4) is 6.07 Å². The molecule has 0 N–H and O–H groups in total. The van der Waals surface area contributed by atoms with Gasteiger partial charge >= 0.3 is 0 Å². The number of hydrogen-bond acceptors (Lipinski definition) is 1. The van der Waals surface area contributed by atoms with Crippen molar-refractivity contribution in [3.05, 3.63) is 0 Å². The average Bonchev–Trinajstić information content (AvgIpc) is 2.44. The Morgan fingerprint density at radius 2 is 2.09 bits per heavy atom. The molecule has 1 heteroatoms. The van der Waals surface area contributed by atoms with E-state index in [4.69, 9.17) is 5.26 Å². The van der Waals surface area contributed by atoms with Crippen LogP contribution >= 0.6 is 0 Å². The highest BCUT2D eigenvalue weighted by molar-refractivity contribution is 5.09.